The van der Waals surface area contributed by atoms with Crippen LogP contribution < -0.4 is 0 Å². The average Bonchev–Trinajstić information content (AvgIpc) is 2.38. The average molecular weight is 274 g/mol. The summed E-state index contributed by atoms with van der Waals surface area (Å²) < 4.78 is 18.2. The van der Waals surface area contributed by atoms with Gasteiger partial charge in [0.15, 0.2) is 0 Å². The molecule has 3 unspecified atom stereocenters. The standard InChI is InChI=1S/C13H22O4S/c1-10(12(14)15)18(16)11-5-8-17-13(9-11)6-3-2-4-7-13/h10-11H,2-9H2,1H3,(H,14,15). The maximum Gasteiger partial charge on any atom is 0.318 e. The highest BCUT2D eigenvalue weighted by atomic mass is 32.2. The van der Waals surface area contributed by atoms with E-state index in [0.29, 0.717) is 6.61 Å². The molecule has 104 valence electrons. The number of rotatable bonds is 3. The monoisotopic (exact) mass is 274 g/mol. The fourth-order valence-electron chi connectivity index (χ4n) is 3.11. The Morgan fingerprint density at radius 1 is 1.39 bits per heavy atom. The first-order valence-corrected chi connectivity index (χ1v) is 8.08. The lowest BCUT2D eigenvalue weighted by molar-refractivity contribution is -0.136. The van der Waals surface area contributed by atoms with Crippen LogP contribution in [0.3, 0.4) is 0 Å². The Bertz CT molecular complexity index is 330. The van der Waals surface area contributed by atoms with E-state index in [-0.39, 0.29) is 10.9 Å². The van der Waals surface area contributed by atoms with Gasteiger partial charge in [-0.2, -0.15) is 0 Å². The van der Waals surface area contributed by atoms with Crippen molar-refractivity contribution in [3.63, 3.8) is 0 Å². The van der Waals surface area contributed by atoms with Gasteiger partial charge in [-0.3, -0.25) is 9.00 Å². The van der Waals surface area contributed by atoms with E-state index in [1.165, 1.54) is 19.3 Å². The van der Waals surface area contributed by atoms with Gasteiger partial charge in [0.05, 0.1) is 5.60 Å². The quantitative estimate of drug-likeness (QED) is 0.856. The molecule has 0 amide bonds. The van der Waals surface area contributed by atoms with Crippen LogP contribution in [0.1, 0.15) is 51.9 Å². The highest BCUT2D eigenvalue weighted by Gasteiger charge is 2.41. The molecule has 18 heavy (non-hydrogen) atoms. The van der Waals surface area contributed by atoms with Crippen LogP contribution in [0.15, 0.2) is 0 Å². The Labute approximate surface area is 111 Å². The van der Waals surface area contributed by atoms with E-state index >= 15 is 0 Å². The van der Waals surface area contributed by atoms with Crippen molar-refractivity contribution in [2.24, 2.45) is 0 Å². The summed E-state index contributed by atoms with van der Waals surface area (Å²) in [7, 11) is -1.29. The topological polar surface area (TPSA) is 63.6 Å². The third-order valence-corrected chi connectivity index (χ3v) is 6.20. The molecule has 3 atom stereocenters. The summed E-state index contributed by atoms with van der Waals surface area (Å²) >= 11 is 0. The molecule has 0 bridgehead atoms. The van der Waals surface area contributed by atoms with E-state index < -0.39 is 22.0 Å². The van der Waals surface area contributed by atoms with Gasteiger partial charge in [0.25, 0.3) is 0 Å². The lowest BCUT2D eigenvalue weighted by Gasteiger charge is -2.43. The summed E-state index contributed by atoms with van der Waals surface area (Å²) in [4.78, 5) is 10.9. The number of ether oxygens (including phenoxy) is 1. The zero-order valence-electron chi connectivity index (χ0n) is 10.9. The third-order valence-electron chi connectivity index (χ3n) is 4.24. The van der Waals surface area contributed by atoms with Gasteiger partial charge in [-0.05, 0) is 32.6 Å². The van der Waals surface area contributed by atoms with E-state index in [9.17, 15) is 9.00 Å². The molecule has 1 saturated heterocycles. The van der Waals surface area contributed by atoms with Crippen LogP contribution in [0, 0.1) is 0 Å². The predicted molar refractivity (Wildman–Crippen MR) is 70.0 cm³/mol. The van der Waals surface area contributed by atoms with Crippen molar-refractivity contribution in [3.8, 4) is 0 Å². The van der Waals surface area contributed by atoms with E-state index in [0.717, 1.165) is 25.7 Å². The first-order chi connectivity index (χ1) is 8.54. The number of hydrogen-bond donors (Lipinski definition) is 1. The Kier molecular flexibility index (Phi) is 4.43. The molecule has 1 spiro atoms. The summed E-state index contributed by atoms with van der Waals surface area (Å²) in [6, 6.07) is 0. The number of carboxylic acids is 1. The van der Waals surface area contributed by atoms with Crippen LogP contribution in [0.4, 0.5) is 0 Å². The summed E-state index contributed by atoms with van der Waals surface area (Å²) in [6.45, 7) is 2.17. The zero-order valence-corrected chi connectivity index (χ0v) is 11.7. The van der Waals surface area contributed by atoms with Crippen LogP contribution in [0.5, 0.6) is 0 Å². The summed E-state index contributed by atoms with van der Waals surface area (Å²) in [5.41, 5.74) is -0.102. The van der Waals surface area contributed by atoms with Gasteiger partial charge < -0.3 is 9.84 Å². The molecule has 5 heteroatoms. The van der Waals surface area contributed by atoms with Crippen molar-refractivity contribution in [2.45, 2.75) is 68.0 Å². The number of aliphatic carboxylic acids is 1. The van der Waals surface area contributed by atoms with Crippen LogP contribution in [0.25, 0.3) is 0 Å². The van der Waals surface area contributed by atoms with Gasteiger partial charge in [-0.1, -0.05) is 19.3 Å². The molecule has 2 fully saturated rings. The maximum absolute atomic E-state index is 12.2. The van der Waals surface area contributed by atoms with Crippen molar-refractivity contribution in [1.82, 2.24) is 0 Å². The summed E-state index contributed by atoms with van der Waals surface area (Å²) in [5, 5.41) is 8.18. The molecule has 0 aromatic rings. The van der Waals surface area contributed by atoms with Crippen molar-refractivity contribution >= 4 is 16.8 Å². The molecule has 1 saturated carbocycles. The molecule has 1 aliphatic heterocycles. The Morgan fingerprint density at radius 2 is 2.06 bits per heavy atom. The first-order valence-electron chi connectivity index (χ1n) is 6.80. The minimum Gasteiger partial charge on any atom is -0.480 e. The molecule has 1 N–H and O–H groups in total. The van der Waals surface area contributed by atoms with Gasteiger partial charge in [0.2, 0.25) is 0 Å². The smallest absolute Gasteiger partial charge is 0.318 e. The van der Waals surface area contributed by atoms with Crippen LogP contribution in [0.2, 0.25) is 0 Å². The summed E-state index contributed by atoms with van der Waals surface area (Å²) in [5.74, 6) is -0.961. The van der Waals surface area contributed by atoms with Crippen molar-refractivity contribution in [3.05, 3.63) is 0 Å². The number of carboxylic acid groups (broad SMARTS) is 1. The summed E-state index contributed by atoms with van der Waals surface area (Å²) in [6.07, 6.45) is 7.19. The lowest BCUT2D eigenvalue weighted by Crippen LogP contribution is -2.46. The Morgan fingerprint density at radius 3 is 2.67 bits per heavy atom. The van der Waals surface area contributed by atoms with E-state index in [2.05, 4.69) is 0 Å². The zero-order chi connectivity index (χ0) is 13.2. The first kappa shape index (κ1) is 14.0. The second-order valence-corrected chi connectivity index (χ2v) is 7.55. The number of carbonyl (C=O) groups is 1. The Balaban J connectivity index is 2.02. The molecule has 4 nitrogen and oxygen atoms in total. The molecular weight excluding hydrogens is 252 g/mol. The SMILES string of the molecule is CC(C(=O)O)S(=O)C1CCOC2(CCCCC2)C1. The fourth-order valence-corrected chi connectivity index (χ4v) is 4.69. The molecule has 0 aromatic carbocycles. The van der Waals surface area contributed by atoms with Gasteiger partial charge in [-0.25, -0.2) is 0 Å². The largest absolute Gasteiger partial charge is 0.480 e. The Hall–Kier alpha value is -0.420. The highest BCUT2D eigenvalue weighted by molar-refractivity contribution is 7.87. The van der Waals surface area contributed by atoms with Crippen LogP contribution in [-0.2, 0) is 20.3 Å². The molecule has 2 aliphatic rings. The molecule has 0 radical (unpaired) electrons. The number of hydrogen-bond acceptors (Lipinski definition) is 3. The van der Waals surface area contributed by atoms with E-state index in [4.69, 9.17) is 9.84 Å². The third kappa shape index (κ3) is 2.94. The maximum atomic E-state index is 12.2. The lowest BCUT2D eigenvalue weighted by atomic mass is 9.80. The fraction of sp³-hybridized carbons (Fsp3) is 0.923. The van der Waals surface area contributed by atoms with Crippen molar-refractivity contribution in [1.29, 1.82) is 0 Å². The van der Waals surface area contributed by atoms with Crippen molar-refractivity contribution < 1.29 is 18.8 Å². The highest BCUT2D eigenvalue weighted by Crippen LogP contribution is 2.40. The predicted octanol–water partition coefficient (Wildman–Crippen LogP) is 2.09. The van der Waals surface area contributed by atoms with Gasteiger partial charge in [0.1, 0.15) is 5.25 Å². The minimum absolute atomic E-state index is 0.0112. The van der Waals surface area contributed by atoms with Crippen LogP contribution >= 0.6 is 0 Å². The molecule has 2 rings (SSSR count). The normalized spacial score (nSPS) is 30.8. The van der Waals surface area contributed by atoms with E-state index in [1.54, 1.807) is 6.92 Å². The molecule has 1 heterocycles. The van der Waals surface area contributed by atoms with E-state index in [1.807, 2.05) is 0 Å². The molecule has 1 aliphatic carbocycles. The molecular formula is C13H22O4S. The van der Waals surface area contributed by atoms with Gasteiger partial charge in [0, 0.05) is 22.7 Å². The van der Waals surface area contributed by atoms with Gasteiger partial charge in [-0.15, -0.1) is 0 Å². The minimum atomic E-state index is -1.29. The molecule has 0 aromatic heterocycles. The van der Waals surface area contributed by atoms with Gasteiger partial charge >= 0.3 is 5.97 Å². The van der Waals surface area contributed by atoms with Crippen LogP contribution in [-0.4, -0.2) is 38.0 Å². The van der Waals surface area contributed by atoms with Crippen molar-refractivity contribution in [2.75, 3.05) is 6.61 Å². The second kappa shape index (κ2) is 5.70. The second-order valence-electron chi connectivity index (χ2n) is 5.52.